The van der Waals surface area contributed by atoms with Gasteiger partial charge in [-0.3, -0.25) is 4.79 Å². The Bertz CT molecular complexity index is 965. The molecule has 29 heavy (non-hydrogen) atoms. The number of likely N-dealkylation sites (N-methyl/N-ethyl adjacent to an activating group) is 1. The van der Waals surface area contributed by atoms with E-state index in [4.69, 9.17) is 9.56 Å². The molecule has 3 N–H and O–H groups in total. The Hall–Kier alpha value is -2.85. The quantitative estimate of drug-likeness (QED) is 0.506. The number of nitrogens with one attached hydrogen (secondary N) is 1. The largest absolute Gasteiger partial charge is 0.469 e. The van der Waals surface area contributed by atoms with Gasteiger partial charge in [-0.15, -0.1) is 0 Å². The highest BCUT2D eigenvalue weighted by Crippen LogP contribution is 2.12. The second-order valence-electron chi connectivity index (χ2n) is 6.83. The van der Waals surface area contributed by atoms with Gasteiger partial charge >= 0.3 is 0 Å². The third-order valence-corrected chi connectivity index (χ3v) is 5.22. The fourth-order valence-corrected chi connectivity index (χ4v) is 3.00. The summed E-state index contributed by atoms with van der Waals surface area (Å²) < 4.78 is 28.1. The monoisotopic (exact) mass is 421 g/mol. The summed E-state index contributed by atoms with van der Waals surface area (Å²) in [4.78, 5) is 20.0. The van der Waals surface area contributed by atoms with Crippen molar-refractivity contribution in [2.45, 2.75) is 24.9 Å². The number of rotatable bonds is 7. The molecule has 1 heterocycles. The first-order valence-electron chi connectivity index (χ1n) is 8.92. The van der Waals surface area contributed by atoms with Crippen molar-refractivity contribution in [3.8, 4) is 0 Å². The number of benzene rings is 1. The van der Waals surface area contributed by atoms with Gasteiger partial charge in [0.15, 0.2) is 5.96 Å². The zero-order valence-corrected chi connectivity index (χ0v) is 17.9. The number of sulfonamides is 1. The Morgan fingerprint density at radius 1 is 1.17 bits per heavy atom. The van der Waals surface area contributed by atoms with Crippen molar-refractivity contribution in [1.82, 2.24) is 15.1 Å². The molecule has 0 fully saturated rings. The van der Waals surface area contributed by atoms with Gasteiger partial charge in [0, 0.05) is 33.3 Å². The smallest absolute Gasteiger partial charge is 0.241 e. The van der Waals surface area contributed by atoms with Crippen LogP contribution in [-0.2, 0) is 27.9 Å². The number of hydrogen-bond donors (Lipinski definition) is 2. The summed E-state index contributed by atoms with van der Waals surface area (Å²) in [6, 6.07) is 8.10. The molecular weight excluding hydrogens is 394 g/mol. The van der Waals surface area contributed by atoms with Crippen molar-refractivity contribution in [1.29, 1.82) is 0 Å². The van der Waals surface area contributed by atoms with Crippen molar-refractivity contribution in [3.05, 3.63) is 53.5 Å². The Morgan fingerprint density at radius 2 is 1.83 bits per heavy atom. The zero-order chi connectivity index (χ0) is 21.6. The Balaban J connectivity index is 2.16. The summed E-state index contributed by atoms with van der Waals surface area (Å²) in [5.74, 6) is 1.28. The predicted molar refractivity (Wildman–Crippen MR) is 111 cm³/mol. The summed E-state index contributed by atoms with van der Waals surface area (Å²) in [6.45, 7) is 2.84. The molecule has 2 aromatic rings. The van der Waals surface area contributed by atoms with Gasteiger partial charge in [-0.1, -0.05) is 12.1 Å². The average Bonchev–Trinajstić information content (AvgIpc) is 3.05. The Labute approximate surface area is 171 Å². The highest BCUT2D eigenvalue weighted by molar-refractivity contribution is 7.89. The SMILES string of the molecule is Cc1occc1CN(C)C(=NCc1ccc(S(N)(=O)=O)cc1)NCC(=O)N(C)C. The molecule has 1 aromatic carbocycles. The van der Waals surface area contributed by atoms with E-state index in [2.05, 4.69) is 10.3 Å². The summed E-state index contributed by atoms with van der Waals surface area (Å²) >= 11 is 0. The van der Waals surface area contributed by atoms with E-state index in [-0.39, 0.29) is 17.3 Å². The fraction of sp³-hybridized carbons (Fsp3) is 0.368. The molecule has 0 unspecified atom stereocenters. The van der Waals surface area contributed by atoms with Crippen molar-refractivity contribution in [3.63, 3.8) is 0 Å². The summed E-state index contributed by atoms with van der Waals surface area (Å²) in [5.41, 5.74) is 1.82. The number of furan rings is 1. The highest BCUT2D eigenvalue weighted by atomic mass is 32.2. The van der Waals surface area contributed by atoms with Crippen LogP contribution in [0.25, 0.3) is 0 Å². The molecule has 0 atom stereocenters. The number of carbonyl (C=O) groups is 1. The summed E-state index contributed by atoms with van der Waals surface area (Å²) in [5, 5.41) is 8.20. The normalized spacial score (nSPS) is 12.0. The van der Waals surface area contributed by atoms with Crippen molar-refractivity contribution in [2.75, 3.05) is 27.7 Å². The van der Waals surface area contributed by atoms with Gasteiger partial charge in [-0.25, -0.2) is 18.5 Å². The van der Waals surface area contributed by atoms with Crippen LogP contribution in [0.15, 0.2) is 50.9 Å². The Morgan fingerprint density at radius 3 is 2.34 bits per heavy atom. The minimum atomic E-state index is -3.73. The lowest BCUT2D eigenvalue weighted by atomic mass is 10.2. The van der Waals surface area contributed by atoms with Crippen molar-refractivity contribution in [2.24, 2.45) is 10.1 Å². The molecule has 0 radical (unpaired) electrons. The lowest BCUT2D eigenvalue weighted by Crippen LogP contribution is -2.43. The van der Waals surface area contributed by atoms with Gasteiger partial charge in [-0.05, 0) is 30.7 Å². The maximum Gasteiger partial charge on any atom is 0.241 e. The minimum Gasteiger partial charge on any atom is -0.469 e. The molecule has 1 amide bonds. The number of aliphatic imine (C=N–C) groups is 1. The molecular formula is C19H27N5O4S. The van der Waals surface area contributed by atoms with E-state index < -0.39 is 10.0 Å². The number of hydrogen-bond acceptors (Lipinski definition) is 5. The number of nitrogens with zero attached hydrogens (tertiary/aromatic N) is 3. The van der Waals surface area contributed by atoms with Crippen LogP contribution in [0, 0.1) is 6.92 Å². The molecule has 10 heteroatoms. The van der Waals surface area contributed by atoms with E-state index in [9.17, 15) is 13.2 Å². The first-order chi connectivity index (χ1) is 13.6. The molecule has 0 spiro atoms. The van der Waals surface area contributed by atoms with Crippen LogP contribution in [-0.4, -0.2) is 57.8 Å². The first-order valence-corrected chi connectivity index (χ1v) is 10.5. The van der Waals surface area contributed by atoms with Gasteiger partial charge in [-0.2, -0.15) is 0 Å². The van der Waals surface area contributed by atoms with Crippen LogP contribution in [0.2, 0.25) is 0 Å². The molecule has 0 bridgehead atoms. The molecule has 0 aliphatic heterocycles. The zero-order valence-electron chi connectivity index (χ0n) is 17.0. The molecule has 158 valence electrons. The molecule has 0 saturated carbocycles. The second-order valence-corrected chi connectivity index (χ2v) is 8.39. The number of guanidine groups is 1. The molecule has 1 aromatic heterocycles. The highest BCUT2D eigenvalue weighted by Gasteiger charge is 2.13. The van der Waals surface area contributed by atoms with Gasteiger partial charge in [0.1, 0.15) is 5.76 Å². The van der Waals surface area contributed by atoms with Crippen molar-refractivity contribution >= 4 is 21.9 Å². The number of carbonyl (C=O) groups excluding carboxylic acids is 1. The van der Waals surface area contributed by atoms with Gasteiger partial charge in [0.2, 0.25) is 15.9 Å². The lowest BCUT2D eigenvalue weighted by molar-refractivity contribution is -0.127. The maximum atomic E-state index is 12.0. The van der Waals surface area contributed by atoms with Crippen LogP contribution in [0.3, 0.4) is 0 Å². The van der Waals surface area contributed by atoms with Crippen LogP contribution in [0.4, 0.5) is 0 Å². The molecule has 2 rings (SSSR count). The van der Waals surface area contributed by atoms with E-state index >= 15 is 0 Å². The van der Waals surface area contributed by atoms with Crippen molar-refractivity contribution < 1.29 is 17.6 Å². The number of aryl methyl sites for hydroxylation is 1. The average molecular weight is 422 g/mol. The standard InChI is InChI=1S/C19H27N5O4S/c1-14-16(9-10-28-14)13-24(4)19(22-12-18(25)23(2)3)21-11-15-5-7-17(8-6-15)29(20,26)27/h5-10H,11-13H2,1-4H3,(H,21,22)(H2,20,26,27). The molecule has 0 saturated heterocycles. The first kappa shape index (κ1) is 22.4. The van der Waals surface area contributed by atoms with E-state index in [0.29, 0.717) is 19.0 Å². The fourth-order valence-electron chi connectivity index (χ4n) is 2.48. The number of nitrogens with two attached hydrogens (primary N) is 1. The second kappa shape index (κ2) is 9.57. The lowest BCUT2D eigenvalue weighted by Gasteiger charge is -2.23. The number of amides is 1. The van der Waals surface area contributed by atoms with E-state index in [0.717, 1.165) is 16.9 Å². The van der Waals surface area contributed by atoms with Gasteiger partial charge in [0.25, 0.3) is 0 Å². The van der Waals surface area contributed by atoms with Crippen LogP contribution >= 0.6 is 0 Å². The molecule has 0 aliphatic carbocycles. The predicted octanol–water partition coefficient (Wildman–Crippen LogP) is 0.901. The third-order valence-electron chi connectivity index (χ3n) is 4.30. The Kier molecular flexibility index (Phi) is 7.40. The third kappa shape index (κ3) is 6.61. The minimum absolute atomic E-state index is 0.0488. The topological polar surface area (TPSA) is 121 Å². The van der Waals surface area contributed by atoms with Gasteiger partial charge < -0.3 is 19.5 Å². The van der Waals surface area contributed by atoms with Crippen LogP contribution in [0.5, 0.6) is 0 Å². The summed E-state index contributed by atoms with van der Waals surface area (Å²) in [6.07, 6.45) is 1.63. The van der Waals surface area contributed by atoms with E-state index in [1.807, 2.05) is 24.9 Å². The molecule has 9 nitrogen and oxygen atoms in total. The van der Waals surface area contributed by atoms with E-state index in [1.54, 1.807) is 32.5 Å². The number of primary sulfonamides is 1. The van der Waals surface area contributed by atoms with Crippen LogP contribution < -0.4 is 10.5 Å². The maximum absolute atomic E-state index is 12.0. The van der Waals surface area contributed by atoms with Crippen LogP contribution in [0.1, 0.15) is 16.9 Å². The summed E-state index contributed by atoms with van der Waals surface area (Å²) in [7, 11) is 1.51. The van der Waals surface area contributed by atoms with Gasteiger partial charge in [0.05, 0.1) is 24.2 Å². The molecule has 0 aliphatic rings. The van der Waals surface area contributed by atoms with E-state index in [1.165, 1.54) is 17.0 Å².